The zero-order valence-electron chi connectivity index (χ0n) is 25.9. The van der Waals surface area contributed by atoms with Crippen LogP contribution in [0.2, 0.25) is 0 Å². The van der Waals surface area contributed by atoms with Gasteiger partial charge in [-0.1, -0.05) is 43.5 Å². The molecule has 2 aromatic rings. The molecule has 5 atom stereocenters. The van der Waals surface area contributed by atoms with Crippen molar-refractivity contribution in [1.82, 2.24) is 15.5 Å². The average Bonchev–Trinajstić information content (AvgIpc) is 2.95. The Balaban J connectivity index is 1.60. The van der Waals surface area contributed by atoms with E-state index in [0.717, 1.165) is 17.9 Å². The Morgan fingerprint density at radius 2 is 1.79 bits per heavy atom. The molecule has 2 aliphatic rings. The summed E-state index contributed by atoms with van der Waals surface area (Å²) in [7, 11) is 0. The van der Waals surface area contributed by atoms with E-state index < -0.39 is 0 Å². The highest BCUT2D eigenvalue weighted by Gasteiger charge is 2.42. The van der Waals surface area contributed by atoms with Crippen molar-refractivity contribution in [3.63, 3.8) is 0 Å². The largest absolute Gasteiger partial charge is 0.508 e. The van der Waals surface area contributed by atoms with Crippen molar-refractivity contribution in [3.05, 3.63) is 59.7 Å². The minimum atomic E-state index is -0.321. The minimum absolute atomic E-state index is 0.0800. The van der Waals surface area contributed by atoms with Crippen molar-refractivity contribution < 1.29 is 19.4 Å². The van der Waals surface area contributed by atoms with Crippen LogP contribution in [0.4, 0.5) is 0 Å². The van der Waals surface area contributed by atoms with E-state index in [9.17, 15) is 14.7 Å². The summed E-state index contributed by atoms with van der Waals surface area (Å²) in [5.74, 6) is 1.71. The number of amides is 2. The smallest absolute Gasteiger partial charge is 0.252 e. The quantitative estimate of drug-likeness (QED) is 0.285. The molecule has 1 aliphatic carbocycles. The van der Waals surface area contributed by atoms with E-state index in [4.69, 9.17) is 4.74 Å². The Morgan fingerprint density at radius 3 is 2.48 bits per heavy atom. The zero-order valence-corrected chi connectivity index (χ0v) is 26.7. The number of phenols is 1. The predicted octanol–water partition coefficient (Wildman–Crippen LogP) is 5.79. The Bertz CT molecular complexity index is 1190. The number of nitrogens with zero attached hydrogens (tertiary/aromatic N) is 1. The molecule has 1 heterocycles. The lowest BCUT2D eigenvalue weighted by molar-refractivity contribution is -0.133. The first-order valence-electron chi connectivity index (χ1n) is 15.5. The van der Waals surface area contributed by atoms with Crippen molar-refractivity contribution in [3.8, 4) is 5.75 Å². The SMILES string of the molecule is CCO[C@H](CN1C[C@H]2CCCC[C@H]2CC1C(=O)NC(C)(C)C)[C@H](CSc1ccccc1)NC(=O)c1cccc(O)c1C. The second-order valence-corrected chi connectivity index (χ2v) is 14.0. The molecule has 0 radical (unpaired) electrons. The minimum Gasteiger partial charge on any atom is -0.508 e. The maximum Gasteiger partial charge on any atom is 0.252 e. The topological polar surface area (TPSA) is 90.9 Å². The van der Waals surface area contributed by atoms with Crippen LogP contribution >= 0.6 is 11.8 Å². The van der Waals surface area contributed by atoms with Crippen LogP contribution in [0.15, 0.2) is 53.4 Å². The summed E-state index contributed by atoms with van der Waals surface area (Å²) < 4.78 is 6.40. The number of aromatic hydroxyl groups is 1. The van der Waals surface area contributed by atoms with Crippen molar-refractivity contribution in [2.45, 2.75) is 95.3 Å². The number of fused-ring (bicyclic) bond motifs is 1. The summed E-state index contributed by atoms with van der Waals surface area (Å²) in [4.78, 5) is 30.7. The summed E-state index contributed by atoms with van der Waals surface area (Å²) in [6.45, 7) is 11.7. The molecule has 4 rings (SSSR count). The molecule has 0 spiro atoms. The Hall–Kier alpha value is -2.55. The number of benzene rings is 2. The first-order chi connectivity index (χ1) is 20.1. The van der Waals surface area contributed by atoms with E-state index in [2.05, 4.69) is 27.7 Å². The van der Waals surface area contributed by atoms with Gasteiger partial charge in [-0.05, 0) is 83.6 Å². The van der Waals surface area contributed by atoms with Gasteiger partial charge in [0.05, 0.1) is 18.2 Å². The van der Waals surface area contributed by atoms with Gasteiger partial charge in [-0.3, -0.25) is 14.5 Å². The molecule has 0 bridgehead atoms. The van der Waals surface area contributed by atoms with Gasteiger partial charge in [-0.2, -0.15) is 0 Å². The van der Waals surface area contributed by atoms with E-state index in [0.29, 0.717) is 41.9 Å². The number of hydrogen-bond acceptors (Lipinski definition) is 6. The van der Waals surface area contributed by atoms with Crippen molar-refractivity contribution >= 4 is 23.6 Å². The van der Waals surface area contributed by atoms with Crippen LogP contribution in [0.1, 0.15) is 75.7 Å². The molecular weight excluding hydrogens is 546 g/mol. The number of thioether (sulfide) groups is 1. The highest BCUT2D eigenvalue weighted by atomic mass is 32.2. The molecule has 1 saturated carbocycles. The number of phenolic OH excluding ortho intramolecular Hbond substituents is 1. The Labute approximate surface area is 256 Å². The number of carbonyl (C=O) groups excluding carboxylic acids is 2. The standard InChI is InChI=1S/C34H49N3O4S/c1-6-41-31(21-37-20-25-14-11-10-13-24(25)19-29(37)33(40)36-34(3,4)5)28(22-42-26-15-8-7-9-16-26)35-32(39)27-17-12-18-30(38)23(27)2/h7-9,12,15-18,24-25,28-29,31,38H,6,10-11,13-14,19-22H2,1-5H3,(H,35,39)(H,36,40)/t24-,25+,28-,29?,31+/m0/s1. The number of piperidine rings is 1. The van der Waals surface area contributed by atoms with Crippen LogP contribution in [0, 0.1) is 18.8 Å². The van der Waals surface area contributed by atoms with Gasteiger partial charge in [0, 0.05) is 47.0 Å². The maximum absolute atomic E-state index is 13.7. The molecule has 2 fully saturated rings. The summed E-state index contributed by atoms with van der Waals surface area (Å²) >= 11 is 1.68. The number of ether oxygens (including phenoxy) is 1. The number of carbonyl (C=O) groups is 2. The molecule has 1 unspecified atom stereocenters. The lowest BCUT2D eigenvalue weighted by atomic mass is 9.72. The monoisotopic (exact) mass is 595 g/mol. The van der Waals surface area contributed by atoms with Crippen LogP contribution in [0.5, 0.6) is 5.75 Å². The molecule has 3 N–H and O–H groups in total. The molecule has 0 aromatic heterocycles. The molecule has 2 amide bonds. The van der Waals surface area contributed by atoms with E-state index in [1.165, 1.54) is 25.7 Å². The molecular formula is C34H49N3O4S. The van der Waals surface area contributed by atoms with Crippen LogP contribution in [0.25, 0.3) is 0 Å². The van der Waals surface area contributed by atoms with Gasteiger partial charge in [0.1, 0.15) is 5.75 Å². The molecule has 7 nitrogen and oxygen atoms in total. The summed E-state index contributed by atoms with van der Waals surface area (Å²) in [5.41, 5.74) is 0.689. The molecule has 42 heavy (non-hydrogen) atoms. The Kier molecular flexibility index (Phi) is 11.4. The predicted molar refractivity (Wildman–Crippen MR) is 170 cm³/mol. The van der Waals surface area contributed by atoms with Gasteiger partial charge in [-0.25, -0.2) is 0 Å². The van der Waals surface area contributed by atoms with Gasteiger partial charge in [0.15, 0.2) is 0 Å². The third-order valence-electron chi connectivity index (χ3n) is 8.59. The lowest BCUT2D eigenvalue weighted by Gasteiger charge is -2.47. The molecule has 1 saturated heterocycles. The van der Waals surface area contributed by atoms with Gasteiger partial charge >= 0.3 is 0 Å². The number of nitrogens with one attached hydrogen (secondary N) is 2. The first-order valence-corrected chi connectivity index (χ1v) is 16.5. The second-order valence-electron chi connectivity index (χ2n) is 12.9. The fourth-order valence-electron chi connectivity index (χ4n) is 6.43. The first kappa shape index (κ1) is 32.4. The highest BCUT2D eigenvalue weighted by Crippen LogP contribution is 2.39. The van der Waals surface area contributed by atoms with Crippen molar-refractivity contribution in [2.24, 2.45) is 11.8 Å². The van der Waals surface area contributed by atoms with Crippen LogP contribution in [-0.4, -0.2) is 71.0 Å². The van der Waals surface area contributed by atoms with E-state index >= 15 is 0 Å². The van der Waals surface area contributed by atoms with E-state index in [-0.39, 0.29) is 41.3 Å². The second kappa shape index (κ2) is 14.8. The van der Waals surface area contributed by atoms with Crippen LogP contribution in [-0.2, 0) is 9.53 Å². The summed E-state index contributed by atoms with van der Waals surface area (Å²) in [6.07, 6.45) is 5.44. The van der Waals surface area contributed by atoms with Gasteiger partial charge in [0.2, 0.25) is 5.91 Å². The molecule has 8 heteroatoms. The fraction of sp³-hybridized carbons (Fsp3) is 0.588. The van der Waals surface area contributed by atoms with E-state index in [1.54, 1.807) is 36.9 Å². The normalized spacial score (nSPS) is 22.5. The highest BCUT2D eigenvalue weighted by molar-refractivity contribution is 7.99. The summed E-state index contributed by atoms with van der Waals surface area (Å²) in [5, 5.41) is 16.8. The van der Waals surface area contributed by atoms with Gasteiger partial charge in [0.25, 0.3) is 5.91 Å². The molecule has 2 aromatic carbocycles. The molecule has 230 valence electrons. The number of hydrogen-bond donors (Lipinski definition) is 3. The lowest BCUT2D eigenvalue weighted by Crippen LogP contribution is -2.60. The van der Waals surface area contributed by atoms with Crippen LogP contribution < -0.4 is 10.6 Å². The number of likely N-dealkylation sites (tertiary alicyclic amines) is 1. The van der Waals surface area contributed by atoms with Gasteiger partial charge < -0.3 is 20.5 Å². The van der Waals surface area contributed by atoms with Crippen LogP contribution in [0.3, 0.4) is 0 Å². The maximum atomic E-state index is 13.7. The average molecular weight is 596 g/mol. The third-order valence-corrected chi connectivity index (χ3v) is 9.72. The molecule has 1 aliphatic heterocycles. The van der Waals surface area contributed by atoms with Crippen molar-refractivity contribution in [1.29, 1.82) is 0 Å². The zero-order chi connectivity index (χ0) is 30.3. The van der Waals surface area contributed by atoms with E-state index in [1.807, 2.05) is 45.9 Å². The Morgan fingerprint density at radius 1 is 1.07 bits per heavy atom. The van der Waals surface area contributed by atoms with Crippen molar-refractivity contribution in [2.75, 3.05) is 25.4 Å². The fourth-order valence-corrected chi connectivity index (χ4v) is 7.45. The van der Waals surface area contributed by atoms with Gasteiger partial charge in [-0.15, -0.1) is 11.8 Å². The number of rotatable bonds is 11. The third kappa shape index (κ3) is 8.74. The summed E-state index contributed by atoms with van der Waals surface area (Å²) in [6, 6.07) is 14.6.